The lowest BCUT2D eigenvalue weighted by molar-refractivity contribution is 0.253. The minimum Gasteiger partial charge on any atom is -0.330 e. The highest BCUT2D eigenvalue weighted by Crippen LogP contribution is 2.30. The summed E-state index contributed by atoms with van der Waals surface area (Å²) in [4.78, 5) is 7.22. The predicted molar refractivity (Wildman–Crippen MR) is 103 cm³/mol. The van der Waals surface area contributed by atoms with Gasteiger partial charge in [0.15, 0.2) is 0 Å². The molecule has 1 aliphatic rings. The first-order valence-corrected chi connectivity index (χ1v) is 7.95. The molecule has 2 aromatic rings. The Labute approximate surface area is 155 Å². The number of aromatic nitrogens is 1. The zero-order valence-corrected chi connectivity index (χ0v) is 15.8. The summed E-state index contributed by atoms with van der Waals surface area (Å²) in [5.74, 6) is 0.598. The van der Waals surface area contributed by atoms with Crippen molar-refractivity contribution in [2.75, 3.05) is 13.1 Å². The molecule has 3 nitrogen and oxygen atoms in total. The third-order valence-corrected chi connectivity index (χ3v) is 5.12. The topological polar surface area (TPSA) is 42.1 Å². The standard InChI is InChI=1S/C17H22ClN3.2ClH/c1-11-7-13(8-19)9-21(11)10-16-17(18)12(2)14-5-3-4-6-15(14)20-16;;/h3-6,11,13H,7-10,19H2,1-2H3;2*1H. The van der Waals surface area contributed by atoms with Crippen LogP contribution in [0.4, 0.5) is 0 Å². The molecular formula is C17H24Cl3N3. The van der Waals surface area contributed by atoms with Crippen molar-refractivity contribution in [3.8, 4) is 0 Å². The zero-order chi connectivity index (χ0) is 15.0. The normalized spacial score (nSPS) is 21.0. The molecule has 6 heteroatoms. The Bertz CT molecular complexity index is 663. The van der Waals surface area contributed by atoms with Gasteiger partial charge in [0.25, 0.3) is 0 Å². The molecule has 0 radical (unpaired) electrons. The van der Waals surface area contributed by atoms with Gasteiger partial charge < -0.3 is 5.73 Å². The van der Waals surface area contributed by atoms with Gasteiger partial charge in [0.2, 0.25) is 0 Å². The number of benzene rings is 1. The summed E-state index contributed by atoms with van der Waals surface area (Å²) in [7, 11) is 0. The molecule has 128 valence electrons. The minimum atomic E-state index is 0. The number of halogens is 3. The molecule has 1 saturated heterocycles. The van der Waals surface area contributed by atoms with Crippen LogP contribution in [0.3, 0.4) is 0 Å². The maximum absolute atomic E-state index is 6.55. The molecule has 0 amide bonds. The molecule has 1 aromatic carbocycles. The molecule has 0 spiro atoms. The first-order valence-electron chi connectivity index (χ1n) is 7.58. The van der Waals surface area contributed by atoms with Crippen molar-refractivity contribution in [2.24, 2.45) is 11.7 Å². The average Bonchev–Trinajstić information content (AvgIpc) is 2.85. The Morgan fingerprint density at radius 3 is 2.65 bits per heavy atom. The van der Waals surface area contributed by atoms with Crippen LogP contribution in [-0.2, 0) is 6.54 Å². The van der Waals surface area contributed by atoms with Crippen LogP contribution in [0.15, 0.2) is 24.3 Å². The van der Waals surface area contributed by atoms with Crippen molar-refractivity contribution in [2.45, 2.75) is 32.9 Å². The summed E-state index contributed by atoms with van der Waals surface area (Å²) < 4.78 is 0. The lowest BCUT2D eigenvalue weighted by Gasteiger charge is -2.22. The van der Waals surface area contributed by atoms with E-state index >= 15 is 0 Å². The Hall–Kier alpha value is -0.580. The SMILES string of the molecule is Cc1c(Cl)c(CN2CC(CN)CC2C)nc2ccccc12.Cl.Cl. The molecular weight excluding hydrogens is 353 g/mol. The van der Waals surface area contributed by atoms with Gasteiger partial charge >= 0.3 is 0 Å². The van der Waals surface area contributed by atoms with E-state index < -0.39 is 0 Å². The summed E-state index contributed by atoms with van der Waals surface area (Å²) in [5, 5.41) is 1.94. The number of fused-ring (bicyclic) bond motifs is 1. The minimum absolute atomic E-state index is 0. The second-order valence-electron chi connectivity index (χ2n) is 6.13. The maximum atomic E-state index is 6.55. The molecule has 0 bridgehead atoms. The summed E-state index contributed by atoms with van der Waals surface area (Å²) >= 11 is 6.55. The average molecular weight is 377 g/mol. The van der Waals surface area contributed by atoms with Crippen LogP contribution in [0, 0.1) is 12.8 Å². The van der Waals surface area contributed by atoms with Crippen molar-refractivity contribution in [1.29, 1.82) is 0 Å². The lowest BCUT2D eigenvalue weighted by atomic mass is 10.1. The Morgan fingerprint density at radius 1 is 1.30 bits per heavy atom. The highest BCUT2D eigenvalue weighted by molar-refractivity contribution is 6.32. The van der Waals surface area contributed by atoms with Crippen molar-refractivity contribution in [3.63, 3.8) is 0 Å². The van der Waals surface area contributed by atoms with Gasteiger partial charge in [-0.2, -0.15) is 0 Å². The molecule has 23 heavy (non-hydrogen) atoms. The van der Waals surface area contributed by atoms with E-state index in [-0.39, 0.29) is 24.8 Å². The van der Waals surface area contributed by atoms with Gasteiger partial charge in [0, 0.05) is 24.5 Å². The number of aryl methyl sites for hydroxylation is 1. The Kier molecular flexibility index (Phi) is 7.56. The molecule has 2 N–H and O–H groups in total. The molecule has 3 rings (SSSR count). The molecule has 0 aliphatic carbocycles. The zero-order valence-electron chi connectivity index (χ0n) is 13.5. The van der Waals surface area contributed by atoms with Crippen LogP contribution >= 0.6 is 36.4 Å². The number of nitrogens with two attached hydrogens (primary N) is 1. The monoisotopic (exact) mass is 375 g/mol. The second kappa shape index (κ2) is 8.50. The van der Waals surface area contributed by atoms with Crippen molar-refractivity contribution in [1.82, 2.24) is 9.88 Å². The van der Waals surface area contributed by atoms with Gasteiger partial charge in [-0.05, 0) is 44.4 Å². The molecule has 2 unspecified atom stereocenters. The van der Waals surface area contributed by atoms with Gasteiger partial charge in [-0.25, -0.2) is 4.98 Å². The number of rotatable bonds is 3. The van der Waals surface area contributed by atoms with Crippen LogP contribution in [0.2, 0.25) is 5.02 Å². The van der Waals surface area contributed by atoms with E-state index in [1.165, 1.54) is 6.42 Å². The largest absolute Gasteiger partial charge is 0.330 e. The van der Waals surface area contributed by atoms with E-state index in [0.717, 1.165) is 46.8 Å². The maximum Gasteiger partial charge on any atom is 0.0740 e. The van der Waals surface area contributed by atoms with E-state index in [4.69, 9.17) is 22.3 Å². The number of hydrogen-bond donors (Lipinski definition) is 1. The second-order valence-corrected chi connectivity index (χ2v) is 6.51. The third-order valence-electron chi connectivity index (χ3n) is 4.62. The molecule has 2 atom stereocenters. The first-order chi connectivity index (χ1) is 10.1. The molecule has 0 saturated carbocycles. The van der Waals surface area contributed by atoms with E-state index in [1.54, 1.807) is 0 Å². The molecule has 1 fully saturated rings. The van der Waals surface area contributed by atoms with Gasteiger partial charge in [-0.15, -0.1) is 24.8 Å². The van der Waals surface area contributed by atoms with Crippen LogP contribution in [0.5, 0.6) is 0 Å². The smallest absolute Gasteiger partial charge is 0.0740 e. The number of likely N-dealkylation sites (tertiary alicyclic amines) is 1. The first kappa shape index (κ1) is 20.5. The summed E-state index contributed by atoms with van der Waals surface area (Å²) in [5.41, 5.74) is 8.94. The molecule has 2 heterocycles. The van der Waals surface area contributed by atoms with Crippen LogP contribution in [-0.4, -0.2) is 29.0 Å². The fraction of sp³-hybridized carbons (Fsp3) is 0.471. The highest BCUT2D eigenvalue weighted by Gasteiger charge is 2.29. The number of pyridine rings is 1. The molecule has 1 aromatic heterocycles. The number of nitrogens with zero attached hydrogens (tertiary/aromatic N) is 2. The predicted octanol–water partition coefficient (Wildman–Crippen LogP) is 4.21. The fourth-order valence-electron chi connectivity index (χ4n) is 3.32. The Balaban J connectivity index is 0.00000132. The van der Waals surface area contributed by atoms with Crippen molar-refractivity contribution >= 4 is 47.3 Å². The molecule has 1 aliphatic heterocycles. The highest BCUT2D eigenvalue weighted by atomic mass is 35.5. The fourth-order valence-corrected chi connectivity index (χ4v) is 3.53. The van der Waals surface area contributed by atoms with Crippen LogP contribution < -0.4 is 5.73 Å². The van der Waals surface area contributed by atoms with Crippen molar-refractivity contribution in [3.05, 3.63) is 40.5 Å². The number of hydrogen-bond acceptors (Lipinski definition) is 3. The summed E-state index contributed by atoms with van der Waals surface area (Å²) in [6, 6.07) is 8.73. The van der Waals surface area contributed by atoms with Gasteiger partial charge in [0.05, 0.1) is 16.2 Å². The van der Waals surface area contributed by atoms with Crippen molar-refractivity contribution < 1.29 is 0 Å². The third kappa shape index (κ3) is 4.09. The van der Waals surface area contributed by atoms with E-state index in [9.17, 15) is 0 Å². The lowest BCUT2D eigenvalue weighted by Crippen LogP contribution is -2.28. The van der Waals surface area contributed by atoms with Gasteiger partial charge in [-0.3, -0.25) is 4.90 Å². The Morgan fingerprint density at radius 2 is 2.00 bits per heavy atom. The van der Waals surface area contributed by atoms with Gasteiger partial charge in [-0.1, -0.05) is 29.8 Å². The van der Waals surface area contributed by atoms with Gasteiger partial charge in [0.1, 0.15) is 0 Å². The van der Waals surface area contributed by atoms with E-state index in [2.05, 4.69) is 30.9 Å². The van der Waals surface area contributed by atoms with E-state index in [1.807, 2.05) is 12.1 Å². The summed E-state index contributed by atoms with van der Waals surface area (Å²) in [6.07, 6.45) is 1.17. The quantitative estimate of drug-likeness (QED) is 0.872. The summed E-state index contributed by atoms with van der Waals surface area (Å²) in [6.45, 7) is 6.95. The van der Waals surface area contributed by atoms with Crippen LogP contribution in [0.1, 0.15) is 24.6 Å². The number of para-hydroxylation sites is 1. The van der Waals surface area contributed by atoms with Crippen LogP contribution in [0.25, 0.3) is 10.9 Å². The van der Waals surface area contributed by atoms with E-state index in [0.29, 0.717) is 12.0 Å².